The maximum Gasteiger partial charge on any atom is 0.174 e. The molecule has 0 aliphatic heterocycles. The van der Waals surface area contributed by atoms with Crippen LogP contribution in [0.1, 0.15) is 4.11 Å². The minimum Gasteiger partial charge on any atom is -0.370 e. The summed E-state index contributed by atoms with van der Waals surface area (Å²) in [6, 6.07) is 3.53. The highest BCUT2D eigenvalue weighted by molar-refractivity contribution is 5.85. The third-order valence-electron chi connectivity index (χ3n) is 1.44. The minimum atomic E-state index is -2.25. The molecule has 0 atom stereocenters. The summed E-state index contributed by atoms with van der Waals surface area (Å²) < 4.78 is 21.1. The van der Waals surface area contributed by atoms with Crippen LogP contribution in [-0.4, -0.2) is 22.2 Å². The topological polar surface area (TPSA) is 53.6 Å². The molecule has 0 spiro atoms. The standard InChI is InChI=1S/C7H8N4/c1-8-7-6-5(10-11-7)3-2-4-9-6/h2-4H,1H3,(H2,8,10,11)/i1D3. The van der Waals surface area contributed by atoms with E-state index in [2.05, 4.69) is 20.5 Å². The number of anilines is 1. The van der Waals surface area contributed by atoms with E-state index in [1.165, 1.54) is 0 Å². The van der Waals surface area contributed by atoms with Gasteiger partial charge in [-0.3, -0.25) is 10.1 Å². The van der Waals surface area contributed by atoms with Gasteiger partial charge in [0.05, 0.1) is 5.52 Å². The van der Waals surface area contributed by atoms with E-state index in [4.69, 9.17) is 4.11 Å². The van der Waals surface area contributed by atoms with Crippen molar-refractivity contribution in [3.63, 3.8) is 0 Å². The maximum atomic E-state index is 7.02. The average molecular weight is 151 g/mol. The largest absolute Gasteiger partial charge is 0.370 e. The van der Waals surface area contributed by atoms with Gasteiger partial charge < -0.3 is 5.32 Å². The highest BCUT2D eigenvalue weighted by Crippen LogP contribution is 2.15. The predicted octanol–water partition coefficient (Wildman–Crippen LogP) is 1.000. The van der Waals surface area contributed by atoms with Gasteiger partial charge in [0.2, 0.25) is 0 Å². The van der Waals surface area contributed by atoms with Crippen molar-refractivity contribution in [1.82, 2.24) is 15.2 Å². The number of aromatic amines is 1. The number of hydrogen-bond donors (Lipinski definition) is 2. The fourth-order valence-electron chi connectivity index (χ4n) is 0.940. The quantitative estimate of drug-likeness (QED) is 0.639. The van der Waals surface area contributed by atoms with Crippen molar-refractivity contribution in [3.05, 3.63) is 18.3 Å². The molecular weight excluding hydrogens is 140 g/mol. The van der Waals surface area contributed by atoms with Crippen LogP contribution >= 0.6 is 0 Å². The summed E-state index contributed by atoms with van der Waals surface area (Å²) >= 11 is 0. The van der Waals surface area contributed by atoms with E-state index in [0.717, 1.165) is 0 Å². The van der Waals surface area contributed by atoms with Crippen LogP contribution in [0, 0.1) is 0 Å². The van der Waals surface area contributed by atoms with E-state index in [1.807, 2.05) is 0 Å². The summed E-state index contributed by atoms with van der Waals surface area (Å²) in [4.78, 5) is 4.02. The van der Waals surface area contributed by atoms with Crippen LogP contribution in [0.4, 0.5) is 5.82 Å². The van der Waals surface area contributed by atoms with Crippen LogP contribution in [0.5, 0.6) is 0 Å². The van der Waals surface area contributed by atoms with Gasteiger partial charge in [-0.15, -0.1) is 0 Å². The molecular formula is C7H8N4. The number of nitrogens with one attached hydrogen (secondary N) is 2. The monoisotopic (exact) mass is 151 g/mol. The fraction of sp³-hybridized carbons (Fsp3) is 0.143. The van der Waals surface area contributed by atoms with Crippen molar-refractivity contribution < 1.29 is 4.11 Å². The maximum absolute atomic E-state index is 7.02. The molecule has 0 fully saturated rings. The first-order valence-corrected chi connectivity index (χ1v) is 3.13. The molecule has 0 bridgehead atoms. The number of H-pyrrole nitrogens is 1. The zero-order valence-electron chi connectivity index (χ0n) is 8.63. The molecule has 0 saturated heterocycles. The Balaban J connectivity index is 2.44. The summed E-state index contributed by atoms with van der Waals surface area (Å²) in [5, 5.41) is 8.81. The zero-order chi connectivity index (χ0) is 10.2. The lowest BCUT2D eigenvalue weighted by atomic mass is 10.4. The highest BCUT2D eigenvalue weighted by Gasteiger charge is 2.01. The van der Waals surface area contributed by atoms with Crippen LogP contribution in [0.15, 0.2) is 18.3 Å². The van der Waals surface area contributed by atoms with E-state index in [-0.39, 0.29) is 5.82 Å². The molecule has 2 N–H and O–H groups in total. The molecule has 0 unspecified atom stereocenters. The zero-order valence-corrected chi connectivity index (χ0v) is 5.63. The predicted molar refractivity (Wildman–Crippen MR) is 43.4 cm³/mol. The van der Waals surface area contributed by atoms with Gasteiger partial charge in [0, 0.05) is 17.3 Å². The summed E-state index contributed by atoms with van der Waals surface area (Å²) in [7, 11) is 0. The van der Waals surface area contributed by atoms with Crippen molar-refractivity contribution in [1.29, 1.82) is 0 Å². The molecule has 0 amide bonds. The van der Waals surface area contributed by atoms with Crippen LogP contribution < -0.4 is 5.32 Å². The van der Waals surface area contributed by atoms with Gasteiger partial charge in [-0.25, -0.2) is 0 Å². The lowest BCUT2D eigenvalue weighted by Crippen LogP contribution is -1.88. The number of nitrogens with zero attached hydrogens (tertiary/aromatic N) is 2. The Morgan fingerprint density at radius 3 is 3.64 bits per heavy atom. The van der Waals surface area contributed by atoms with Crippen LogP contribution in [0.2, 0.25) is 0 Å². The SMILES string of the molecule is [2H]C([2H])([2H])Nc1n[nH]c2cccnc12. The van der Waals surface area contributed by atoms with E-state index in [9.17, 15) is 0 Å². The highest BCUT2D eigenvalue weighted by atomic mass is 15.2. The van der Waals surface area contributed by atoms with Crippen molar-refractivity contribution in [2.24, 2.45) is 0 Å². The van der Waals surface area contributed by atoms with Crippen molar-refractivity contribution in [2.75, 3.05) is 12.3 Å². The molecule has 56 valence electrons. The van der Waals surface area contributed by atoms with Crippen molar-refractivity contribution >= 4 is 16.9 Å². The van der Waals surface area contributed by atoms with Gasteiger partial charge in [-0.2, -0.15) is 5.10 Å². The second-order valence-electron chi connectivity index (χ2n) is 2.10. The molecule has 0 aromatic carbocycles. The third-order valence-corrected chi connectivity index (χ3v) is 1.44. The molecule has 2 heterocycles. The Bertz CT molecular complexity index is 447. The molecule has 0 radical (unpaired) electrons. The molecule has 4 nitrogen and oxygen atoms in total. The van der Waals surface area contributed by atoms with Gasteiger partial charge in [0.1, 0.15) is 5.52 Å². The molecule has 4 heteroatoms. The summed E-state index contributed by atoms with van der Waals surface area (Å²) in [6.45, 7) is -2.25. The first kappa shape index (κ1) is 3.71. The molecule has 2 rings (SSSR count). The summed E-state index contributed by atoms with van der Waals surface area (Å²) in [5.74, 6) is 0.251. The summed E-state index contributed by atoms with van der Waals surface area (Å²) in [5.41, 5.74) is 1.24. The average Bonchev–Trinajstić information content (AvgIpc) is 2.47. The van der Waals surface area contributed by atoms with Gasteiger partial charge >= 0.3 is 0 Å². The molecule has 2 aromatic heterocycles. The second-order valence-corrected chi connectivity index (χ2v) is 2.10. The number of rotatable bonds is 1. The van der Waals surface area contributed by atoms with Gasteiger partial charge in [-0.1, -0.05) is 0 Å². The van der Waals surface area contributed by atoms with Crippen molar-refractivity contribution in [2.45, 2.75) is 0 Å². The Morgan fingerprint density at radius 1 is 1.73 bits per heavy atom. The molecule has 0 aliphatic rings. The van der Waals surface area contributed by atoms with E-state index in [1.54, 1.807) is 18.3 Å². The van der Waals surface area contributed by atoms with Crippen LogP contribution in [0.25, 0.3) is 11.0 Å². The smallest absolute Gasteiger partial charge is 0.174 e. The Labute approximate surface area is 67.9 Å². The van der Waals surface area contributed by atoms with Gasteiger partial charge in [0.25, 0.3) is 0 Å². The minimum absolute atomic E-state index is 0.251. The summed E-state index contributed by atoms with van der Waals surface area (Å²) in [6.07, 6.45) is 1.59. The second kappa shape index (κ2) is 2.23. The lowest BCUT2D eigenvalue weighted by Gasteiger charge is -1.90. The van der Waals surface area contributed by atoms with Crippen LogP contribution in [-0.2, 0) is 0 Å². The lowest BCUT2D eigenvalue weighted by molar-refractivity contribution is 1.11. The first-order valence-electron chi connectivity index (χ1n) is 4.63. The first-order chi connectivity index (χ1) is 6.56. The van der Waals surface area contributed by atoms with E-state index < -0.39 is 6.98 Å². The van der Waals surface area contributed by atoms with E-state index in [0.29, 0.717) is 11.0 Å². The molecule has 2 aromatic rings. The number of pyridine rings is 1. The third kappa shape index (κ3) is 0.832. The Morgan fingerprint density at radius 2 is 2.73 bits per heavy atom. The Kier molecular flexibility index (Phi) is 0.752. The van der Waals surface area contributed by atoms with Gasteiger partial charge in [-0.05, 0) is 12.1 Å². The van der Waals surface area contributed by atoms with Crippen LogP contribution in [0.3, 0.4) is 0 Å². The van der Waals surface area contributed by atoms with E-state index >= 15 is 0 Å². The normalized spacial score (nSPS) is 15.5. The van der Waals surface area contributed by atoms with Crippen molar-refractivity contribution in [3.8, 4) is 0 Å². The molecule has 11 heavy (non-hydrogen) atoms. The fourth-order valence-corrected chi connectivity index (χ4v) is 0.940. The number of hydrogen-bond acceptors (Lipinski definition) is 3. The Hall–Kier alpha value is -1.58. The molecule has 0 aliphatic carbocycles. The number of aromatic nitrogens is 3. The molecule has 0 saturated carbocycles. The van der Waals surface area contributed by atoms with Gasteiger partial charge in [0.15, 0.2) is 5.82 Å². The number of fused-ring (bicyclic) bond motifs is 1.